The summed E-state index contributed by atoms with van der Waals surface area (Å²) >= 11 is 6.11. The number of amides is 2. The van der Waals surface area contributed by atoms with Gasteiger partial charge in [0, 0.05) is 43.3 Å². The van der Waals surface area contributed by atoms with Gasteiger partial charge in [-0.05, 0) is 24.3 Å². The van der Waals surface area contributed by atoms with Crippen molar-refractivity contribution in [2.24, 2.45) is 0 Å². The Morgan fingerprint density at radius 1 is 1.17 bits per heavy atom. The summed E-state index contributed by atoms with van der Waals surface area (Å²) in [4.78, 5) is 34.5. The molecule has 0 fully saturated rings. The molecule has 0 heterocycles. The zero-order valence-electron chi connectivity index (χ0n) is 16.0. The summed E-state index contributed by atoms with van der Waals surface area (Å²) in [6.45, 7) is 0.621. The number of ether oxygens (including phenoxy) is 1. The maximum Gasteiger partial charge on any atom is 0.271 e. The minimum absolute atomic E-state index is 0.0681. The van der Waals surface area contributed by atoms with Crippen molar-refractivity contribution in [2.75, 3.05) is 31.8 Å². The third-order valence-electron chi connectivity index (χ3n) is 3.86. The van der Waals surface area contributed by atoms with E-state index in [0.29, 0.717) is 13.2 Å². The van der Waals surface area contributed by atoms with Crippen LogP contribution in [0.2, 0.25) is 5.02 Å². The van der Waals surface area contributed by atoms with E-state index in [1.807, 2.05) is 0 Å². The molecule has 0 spiro atoms. The van der Waals surface area contributed by atoms with Gasteiger partial charge in [0.2, 0.25) is 0 Å². The molecule has 0 saturated heterocycles. The number of nitrogens with one attached hydrogen (secondary N) is 2. The van der Waals surface area contributed by atoms with E-state index in [9.17, 15) is 28.1 Å². The number of methoxy groups -OCH3 is 1. The number of non-ortho nitro benzene ring substituents is 1. The average Bonchev–Trinajstić information content (AvgIpc) is 2.67. The van der Waals surface area contributed by atoms with Gasteiger partial charge in [-0.3, -0.25) is 19.7 Å². The summed E-state index contributed by atoms with van der Waals surface area (Å²) in [5.41, 5.74) is -0.363. The predicted octanol–water partition coefficient (Wildman–Crippen LogP) is 2.28. The van der Waals surface area contributed by atoms with Crippen molar-refractivity contribution in [3.05, 3.63) is 62.7 Å². The van der Waals surface area contributed by atoms with Crippen molar-refractivity contribution in [2.45, 2.75) is 4.90 Å². The van der Waals surface area contributed by atoms with Crippen molar-refractivity contribution < 1.29 is 27.7 Å². The highest BCUT2D eigenvalue weighted by Crippen LogP contribution is 2.24. The number of nitrogens with zero attached hydrogens (tertiary/aromatic N) is 1. The van der Waals surface area contributed by atoms with Gasteiger partial charge < -0.3 is 15.4 Å². The molecule has 0 unspecified atom stereocenters. The second kappa shape index (κ2) is 9.65. The van der Waals surface area contributed by atoms with Crippen molar-refractivity contribution in [3.8, 4) is 0 Å². The van der Waals surface area contributed by atoms with Crippen LogP contribution in [0.15, 0.2) is 41.3 Å². The van der Waals surface area contributed by atoms with Crippen LogP contribution in [-0.2, 0) is 14.6 Å². The second-order valence-corrected chi connectivity index (χ2v) is 8.57. The highest BCUT2D eigenvalue weighted by atomic mass is 35.5. The lowest BCUT2D eigenvalue weighted by Gasteiger charge is -2.10. The summed E-state index contributed by atoms with van der Waals surface area (Å²) in [6, 6.07) is 7.03. The average molecular weight is 456 g/mol. The molecule has 0 aliphatic rings. The molecule has 0 aliphatic carbocycles. The Labute approximate surface area is 177 Å². The Bertz CT molecular complexity index is 1100. The largest absolute Gasteiger partial charge is 0.383 e. The number of nitro groups is 1. The Hall–Kier alpha value is -3.02. The molecule has 0 saturated carbocycles. The maximum atomic E-state index is 12.5. The molecular weight excluding hydrogens is 438 g/mol. The van der Waals surface area contributed by atoms with Crippen LogP contribution in [0.3, 0.4) is 0 Å². The van der Waals surface area contributed by atoms with Gasteiger partial charge in [-0.15, -0.1) is 0 Å². The summed E-state index contributed by atoms with van der Waals surface area (Å²) in [7, 11) is -2.28. The number of carbonyl (C=O) groups is 2. The van der Waals surface area contributed by atoms with Gasteiger partial charge >= 0.3 is 0 Å². The molecule has 2 rings (SSSR count). The van der Waals surface area contributed by atoms with E-state index in [4.69, 9.17) is 16.3 Å². The van der Waals surface area contributed by atoms with Gasteiger partial charge in [0.15, 0.2) is 9.84 Å². The lowest BCUT2D eigenvalue weighted by atomic mass is 10.1. The third kappa shape index (κ3) is 5.99. The fourth-order valence-corrected chi connectivity index (χ4v) is 3.32. The highest BCUT2D eigenvalue weighted by molar-refractivity contribution is 7.90. The Morgan fingerprint density at radius 3 is 2.43 bits per heavy atom. The van der Waals surface area contributed by atoms with Crippen LogP contribution < -0.4 is 10.6 Å². The Balaban J connectivity index is 2.26. The Kier molecular flexibility index (Phi) is 7.48. The predicted molar refractivity (Wildman–Crippen MR) is 110 cm³/mol. The summed E-state index contributed by atoms with van der Waals surface area (Å²) < 4.78 is 28.4. The van der Waals surface area contributed by atoms with E-state index in [-0.39, 0.29) is 26.7 Å². The number of nitro benzene ring substituents is 1. The fourth-order valence-electron chi connectivity index (χ4n) is 2.38. The first-order chi connectivity index (χ1) is 14.0. The van der Waals surface area contributed by atoms with E-state index < -0.39 is 32.3 Å². The van der Waals surface area contributed by atoms with E-state index in [0.717, 1.165) is 24.5 Å². The van der Waals surface area contributed by atoms with Crippen molar-refractivity contribution in [3.63, 3.8) is 0 Å². The second-order valence-electron chi connectivity index (χ2n) is 6.14. The molecule has 0 radical (unpaired) electrons. The molecule has 2 amide bonds. The Morgan fingerprint density at radius 2 is 1.87 bits per heavy atom. The normalized spacial score (nSPS) is 11.0. The van der Waals surface area contributed by atoms with E-state index in [1.165, 1.54) is 25.3 Å². The molecule has 0 aromatic heterocycles. The minimum Gasteiger partial charge on any atom is -0.383 e. The monoisotopic (exact) mass is 455 g/mol. The van der Waals surface area contributed by atoms with Crippen LogP contribution in [0.5, 0.6) is 0 Å². The van der Waals surface area contributed by atoms with E-state index in [2.05, 4.69) is 10.6 Å². The molecule has 160 valence electrons. The molecule has 30 heavy (non-hydrogen) atoms. The van der Waals surface area contributed by atoms with Crippen molar-refractivity contribution >= 4 is 44.6 Å². The van der Waals surface area contributed by atoms with Gasteiger partial charge in [-0.1, -0.05) is 11.6 Å². The first kappa shape index (κ1) is 23.3. The van der Waals surface area contributed by atoms with E-state index >= 15 is 0 Å². The fraction of sp³-hybridized carbons (Fsp3) is 0.222. The van der Waals surface area contributed by atoms with E-state index in [1.54, 1.807) is 0 Å². The number of rotatable bonds is 8. The molecule has 12 heteroatoms. The highest BCUT2D eigenvalue weighted by Gasteiger charge is 2.20. The quantitative estimate of drug-likeness (QED) is 0.353. The number of halogens is 1. The molecule has 10 nitrogen and oxygen atoms in total. The lowest BCUT2D eigenvalue weighted by Crippen LogP contribution is -2.27. The van der Waals surface area contributed by atoms with Crippen LogP contribution in [0.25, 0.3) is 0 Å². The summed E-state index contributed by atoms with van der Waals surface area (Å²) in [5.74, 6) is -1.21. The summed E-state index contributed by atoms with van der Waals surface area (Å²) in [6.07, 6.45) is 0.879. The molecule has 0 atom stereocenters. The first-order valence-corrected chi connectivity index (χ1v) is 10.7. The number of sulfone groups is 1. The molecular formula is C18H18ClN3O7S. The van der Waals surface area contributed by atoms with Crippen LogP contribution in [0.4, 0.5) is 11.4 Å². The van der Waals surface area contributed by atoms with Crippen LogP contribution in [-0.4, -0.2) is 51.7 Å². The zero-order chi connectivity index (χ0) is 22.5. The van der Waals surface area contributed by atoms with Crippen LogP contribution in [0, 0.1) is 10.1 Å². The zero-order valence-corrected chi connectivity index (χ0v) is 17.5. The van der Waals surface area contributed by atoms with Gasteiger partial charge in [-0.25, -0.2) is 8.42 Å². The summed E-state index contributed by atoms with van der Waals surface area (Å²) in [5, 5.41) is 16.2. The van der Waals surface area contributed by atoms with Crippen LogP contribution in [0.1, 0.15) is 20.7 Å². The van der Waals surface area contributed by atoms with Crippen molar-refractivity contribution in [1.82, 2.24) is 5.32 Å². The SMILES string of the molecule is COCCNC(=O)c1ccc(NC(=O)c2cc([N+](=O)[O-])cc(S(C)(=O)=O)c2)cc1Cl. The number of carbonyl (C=O) groups excluding carboxylic acids is 2. The van der Waals surface area contributed by atoms with Gasteiger partial charge in [-0.2, -0.15) is 0 Å². The van der Waals surface area contributed by atoms with Gasteiger partial charge in [0.05, 0.1) is 27.0 Å². The third-order valence-corrected chi connectivity index (χ3v) is 5.26. The molecule has 0 bridgehead atoms. The molecule has 2 N–H and O–H groups in total. The number of hydrogen-bond donors (Lipinski definition) is 2. The standard InChI is InChI=1S/C18H18ClN3O7S/c1-29-6-5-20-18(24)15-4-3-12(9-16(15)19)21-17(23)11-7-13(22(25)26)10-14(8-11)30(2,27)28/h3-4,7-10H,5-6H2,1-2H3,(H,20,24)(H,21,23). The number of anilines is 1. The maximum absolute atomic E-state index is 12.5. The molecule has 2 aromatic rings. The van der Waals surface area contributed by atoms with Crippen molar-refractivity contribution in [1.29, 1.82) is 0 Å². The molecule has 0 aliphatic heterocycles. The lowest BCUT2D eigenvalue weighted by molar-refractivity contribution is -0.385. The smallest absolute Gasteiger partial charge is 0.271 e. The minimum atomic E-state index is -3.78. The first-order valence-electron chi connectivity index (χ1n) is 8.40. The van der Waals surface area contributed by atoms with Gasteiger partial charge in [0.1, 0.15) is 0 Å². The number of hydrogen-bond acceptors (Lipinski definition) is 7. The molecule has 2 aromatic carbocycles. The van der Waals surface area contributed by atoms with Gasteiger partial charge in [0.25, 0.3) is 17.5 Å². The topological polar surface area (TPSA) is 145 Å². The number of benzene rings is 2. The van der Waals surface area contributed by atoms with Crippen LogP contribution >= 0.6 is 11.6 Å².